The predicted molar refractivity (Wildman–Crippen MR) is 108 cm³/mol. The van der Waals surface area contributed by atoms with Gasteiger partial charge in [-0.3, -0.25) is 0 Å². The van der Waals surface area contributed by atoms with Crippen LogP contribution < -0.4 is 4.74 Å². The van der Waals surface area contributed by atoms with Crippen molar-refractivity contribution in [3.63, 3.8) is 0 Å². The lowest BCUT2D eigenvalue weighted by atomic mass is 9.97. The van der Waals surface area contributed by atoms with Gasteiger partial charge in [0, 0.05) is 22.0 Å². The molecule has 5 heteroatoms. The summed E-state index contributed by atoms with van der Waals surface area (Å²) in [4.78, 5) is 0. The maximum Gasteiger partial charge on any atom is 0.213 e. The van der Waals surface area contributed by atoms with Crippen molar-refractivity contribution in [2.75, 3.05) is 0 Å². The number of hydrogen-bond acceptors (Lipinski definition) is 4. The summed E-state index contributed by atoms with van der Waals surface area (Å²) in [7, 11) is 0. The van der Waals surface area contributed by atoms with Crippen molar-refractivity contribution in [3.8, 4) is 5.75 Å². The van der Waals surface area contributed by atoms with Crippen LogP contribution in [0, 0.1) is 13.8 Å². The minimum atomic E-state index is -0.252. The Morgan fingerprint density at radius 1 is 1.04 bits per heavy atom. The smallest absolute Gasteiger partial charge is 0.213 e. The van der Waals surface area contributed by atoms with Crippen molar-refractivity contribution in [3.05, 3.63) is 87.3 Å². The summed E-state index contributed by atoms with van der Waals surface area (Å²) in [6.45, 7) is 4.05. The van der Waals surface area contributed by atoms with Gasteiger partial charge in [-0.25, -0.2) is 5.01 Å². The van der Waals surface area contributed by atoms with Gasteiger partial charge in [0.05, 0.1) is 6.04 Å². The number of hydrazone groups is 1. The van der Waals surface area contributed by atoms with E-state index < -0.39 is 0 Å². The maximum atomic E-state index is 6.38. The lowest BCUT2D eigenvalue weighted by Crippen LogP contribution is -2.33. The highest BCUT2D eigenvalue weighted by atomic mass is 79.9. The van der Waals surface area contributed by atoms with Crippen molar-refractivity contribution < 1.29 is 9.15 Å². The van der Waals surface area contributed by atoms with E-state index in [9.17, 15) is 0 Å². The van der Waals surface area contributed by atoms with Crippen LogP contribution in [0.25, 0.3) is 0 Å². The van der Waals surface area contributed by atoms with Crippen LogP contribution in [0.1, 0.15) is 46.9 Å². The van der Waals surface area contributed by atoms with Crippen LogP contribution in [-0.4, -0.2) is 10.7 Å². The molecule has 27 heavy (non-hydrogen) atoms. The zero-order valence-corrected chi connectivity index (χ0v) is 16.7. The van der Waals surface area contributed by atoms with Crippen molar-refractivity contribution in [2.24, 2.45) is 5.10 Å². The molecule has 0 saturated heterocycles. The second-order valence-electron chi connectivity index (χ2n) is 7.12. The molecule has 0 aliphatic carbocycles. The molecule has 2 atom stereocenters. The molecule has 0 bridgehead atoms. The van der Waals surface area contributed by atoms with E-state index in [1.54, 1.807) is 0 Å². The number of ether oxygens (including phenoxy) is 1. The van der Waals surface area contributed by atoms with Crippen LogP contribution in [0.15, 0.2) is 68.6 Å². The number of furan rings is 1. The second-order valence-corrected chi connectivity index (χ2v) is 8.04. The molecule has 0 unspecified atom stereocenters. The van der Waals surface area contributed by atoms with Crippen molar-refractivity contribution in [1.82, 2.24) is 5.01 Å². The molecule has 0 fully saturated rings. The number of hydrogen-bond donors (Lipinski definition) is 0. The molecule has 2 aromatic carbocycles. The molecule has 2 aliphatic heterocycles. The maximum absolute atomic E-state index is 6.38. The average Bonchev–Trinajstić information content (AvgIpc) is 3.28. The number of rotatable bonds is 2. The fraction of sp³-hybridized carbons (Fsp3) is 0.227. The van der Waals surface area contributed by atoms with Gasteiger partial charge in [-0.1, -0.05) is 45.8 Å². The quantitative estimate of drug-likeness (QED) is 0.515. The van der Waals surface area contributed by atoms with E-state index in [0.717, 1.165) is 45.0 Å². The van der Waals surface area contributed by atoms with Crippen LogP contribution in [0.2, 0.25) is 0 Å². The van der Waals surface area contributed by atoms with Crippen LogP contribution in [0.5, 0.6) is 5.75 Å². The Hall–Kier alpha value is -2.53. The Morgan fingerprint density at radius 2 is 1.85 bits per heavy atom. The molecule has 0 radical (unpaired) electrons. The molecule has 136 valence electrons. The molecule has 0 N–H and O–H groups in total. The van der Waals surface area contributed by atoms with Gasteiger partial charge in [0.15, 0.2) is 0 Å². The summed E-state index contributed by atoms with van der Waals surface area (Å²) < 4.78 is 13.3. The van der Waals surface area contributed by atoms with Crippen LogP contribution in [-0.2, 0) is 0 Å². The first-order chi connectivity index (χ1) is 13.1. The van der Waals surface area contributed by atoms with E-state index >= 15 is 0 Å². The van der Waals surface area contributed by atoms with E-state index in [2.05, 4.69) is 58.2 Å². The number of benzene rings is 2. The Bertz CT molecular complexity index is 1040. The Balaban J connectivity index is 1.60. The summed E-state index contributed by atoms with van der Waals surface area (Å²) in [5.41, 5.74) is 4.43. The molecule has 1 aromatic heterocycles. The van der Waals surface area contributed by atoms with E-state index in [1.807, 2.05) is 31.2 Å². The fourth-order valence-corrected chi connectivity index (χ4v) is 4.13. The molecule has 2 aliphatic rings. The van der Waals surface area contributed by atoms with Gasteiger partial charge in [0.1, 0.15) is 23.0 Å². The Morgan fingerprint density at radius 3 is 2.59 bits per heavy atom. The number of aryl methyl sites for hydroxylation is 2. The van der Waals surface area contributed by atoms with Gasteiger partial charge in [-0.05, 0) is 44.2 Å². The number of halogens is 1. The molecule has 0 spiro atoms. The van der Waals surface area contributed by atoms with E-state index in [0.29, 0.717) is 0 Å². The van der Waals surface area contributed by atoms with Crippen LogP contribution in [0.4, 0.5) is 0 Å². The van der Waals surface area contributed by atoms with Gasteiger partial charge in [0.25, 0.3) is 0 Å². The third-order valence-electron chi connectivity index (χ3n) is 5.14. The van der Waals surface area contributed by atoms with Crippen molar-refractivity contribution >= 4 is 21.6 Å². The normalized spacial score (nSPS) is 20.7. The molecule has 4 nitrogen and oxygen atoms in total. The third-order valence-corrected chi connectivity index (χ3v) is 5.63. The minimum Gasteiger partial charge on any atom is -0.464 e. The molecule has 0 amide bonds. The summed E-state index contributed by atoms with van der Waals surface area (Å²) in [6.07, 6.45) is 0.542. The zero-order chi connectivity index (χ0) is 18.5. The highest BCUT2D eigenvalue weighted by Crippen LogP contribution is 2.48. The monoisotopic (exact) mass is 422 g/mol. The molecule has 5 rings (SSSR count). The van der Waals surface area contributed by atoms with Gasteiger partial charge in [-0.2, -0.15) is 5.10 Å². The standard InChI is InChI=1S/C22H19BrN2O2/c1-13-3-6-15(7-4-13)22-25-19(17-11-16(23)8-10-20(17)27-22)12-18(24-25)21-9-5-14(2)26-21/h3-11,19,22H,12H2,1-2H3/t19-,22+/m1/s1. The molecule has 0 saturated carbocycles. The predicted octanol–water partition coefficient (Wildman–Crippen LogP) is 5.90. The topological polar surface area (TPSA) is 38.0 Å². The highest BCUT2D eigenvalue weighted by Gasteiger charge is 2.41. The lowest BCUT2D eigenvalue weighted by molar-refractivity contribution is -0.0190. The largest absolute Gasteiger partial charge is 0.464 e. The lowest BCUT2D eigenvalue weighted by Gasteiger charge is -2.38. The Kier molecular flexibility index (Phi) is 3.86. The van der Waals surface area contributed by atoms with Crippen LogP contribution >= 0.6 is 15.9 Å². The Labute approximate surface area is 166 Å². The molecule has 3 aromatic rings. The summed E-state index contributed by atoms with van der Waals surface area (Å²) >= 11 is 3.59. The number of fused-ring (bicyclic) bond motifs is 3. The van der Waals surface area contributed by atoms with Crippen molar-refractivity contribution in [1.29, 1.82) is 0 Å². The third kappa shape index (κ3) is 2.86. The van der Waals surface area contributed by atoms with Gasteiger partial charge >= 0.3 is 0 Å². The summed E-state index contributed by atoms with van der Waals surface area (Å²) in [6, 6.07) is 18.7. The second kappa shape index (κ2) is 6.27. The summed E-state index contributed by atoms with van der Waals surface area (Å²) in [5.74, 6) is 2.64. The summed E-state index contributed by atoms with van der Waals surface area (Å²) in [5, 5.41) is 6.99. The highest BCUT2D eigenvalue weighted by molar-refractivity contribution is 9.10. The van der Waals surface area contributed by atoms with E-state index in [4.69, 9.17) is 14.3 Å². The van der Waals surface area contributed by atoms with E-state index in [-0.39, 0.29) is 12.3 Å². The zero-order valence-electron chi connectivity index (χ0n) is 15.1. The fourth-order valence-electron chi connectivity index (χ4n) is 3.75. The molecular weight excluding hydrogens is 404 g/mol. The van der Waals surface area contributed by atoms with Crippen molar-refractivity contribution in [2.45, 2.75) is 32.5 Å². The molecule has 3 heterocycles. The van der Waals surface area contributed by atoms with Crippen LogP contribution in [0.3, 0.4) is 0 Å². The first-order valence-corrected chi connectivity index (χ1v) is 9.83. The van der Waals surface area contributed by atoms with Gasteiger partial charge < -0.3 is 9.15 Å². The van der Waals surface area contributed by atoms with Gasteiger partial charge in [0.2, 0.25) is 6.23 Å². The average molecular weight is 423 g/mol. The molecular formula is C22H19BrN2O2. The van der Waals surface area contributed by atoms with E-state index in [1.165, 1.54) is 5.56 Å². The number of nitrogens with zero attached hydrogens (tertiary/aromatic N) is 2. The minimum absolute atomic E-state index is 0.123. The van der Waals surface area contributed by atoms with Gasteiger partial charge in [-0.15, -0.1) is 0 Å². The SMILES string of the molecule is Cc1ccc([C@@H]2Oc3ccc(Br)cc3[C@H]3CC(c4ccc(C)o4)=NN32)cc1. The first kappa shape index (κ1) is 16.6. The first-order valence-electron chi connectivity index (χ1n) is 9.04.